The van der Waals surface area contributed by atoms with Gasteiger partial charge >= 0.3 is 0 Å². The summed E-state index contributed by atoms with van der Waals surface area (Å²) < 4.78 is 0. The molecule has 1 aliphatic heterocycles. The molecule has 3 amide bonds. The van der Waals surface area contributed by atoms with Crippen molar-refractivity contribution < 1.29 is 14.4 Å². The lowest BCUT2D eigenvalue weighted by molar-refractivity contribution is -0.136. The zero-order valence-corrected chi connectivity index (χ0v) is 15.7. The topological polar surface area (TPSA) is 78.5 Å². The molecule has 6 nitrogen and oxygen atoms in total. The molecule has 0 aliphatic carbocycles. The van der Waals surface area contributed by atoms with E-state index in [1.54, 1.807) is 43.0 Å². The highest BCUT2D eigenvalue weighted by Gasteiger charge is 2.41. The van der Waals surface area contributed by atoms with Crippen LogP contribution in [-0.4, -0.2) is 24.3 Å². The Hall–Kier alpha value is -3.15. The third-order valence-electron chi connectivity index (χ3n) is 4.68. The number of amides is 3. The molecule has 3 rings (SSSR count). The van der Waals surface area contributed by atoms with Crippen LogP contribution in [-0.2, 0) is 20.8 Å². The second-order valence-corrected chi connectivity index (χ2v) is 7.18. The Kier molecular flexibility index (Phi) is 4.99. The first-order valence-corrected chi connectivity index (χ1v) is 8.88. The molecule has 0 spiro atoms. The fourth-order valence-electron chi connectivity index (χ4n) is 3.15. The minimum atomic E-state index is -1.23. The Balaban J connectivity index is 1.76. The molecule has 0 saturated carbocycles. The van der Waals surface area contributed by atoms with Crippen molar-refractivity contribution in [1.29, 1.82) is 0 Å². The molecule has 2 aromatic rings. The van der Waals surface area contributed by atoms with Crippen LogP contribution in [0.5, 0.6) is 0 Å². The summed E-state index contributed by atoms with van der Waals surface area (Å²) in [6.07, 6.45) is 0.790. The maximum Gasteiger partial charge on any atom is 0.242 e. The van der Waals surface area contributed by atoms with Crippen molar-refractivity contribution in [3.05, 3.63) is 54.1 Å². The summed E-state index contributed by atoms with van der Waals surface area (Å²) in [5.74, 6) is -0.818. The molecule has 0 bridgehead atoms. The van der Waals surface area contributed by atoms with Gasteiger partial charge in [-0.05, 0) is 50.1 Å². The van der Waals surface area contributed by atoms with E-state index in [0.29, 0.717) is 17.9 Å². The number of nitrogens with one attached hydrogen (secondary N) is 2. The van der Waals surface area contributed by atoms with Crippen molar-refractivity contribution in [2.45, 2.75) is 27.2 Å². The van der Waals surface area contributed by atoms with E-state index in [9.17, 15) is 14.4 Å². The van der Waals surface area contributed by atoms with Crippen molar-refractivity contribution in [3.8, 4) is 0 Å². The second kappa shape index (κ2) is 7.23. The smallest absolute Gasteiger partial charge is 0.242 e. The highest BCUT2D eigenvalue weighted by Crippen LogP contribution is 2.32. The van der Waals surface area contributed by atoms with Crippen LogP contribution >= 0.6 is 0 Å². The molecule has 0 fully saturated rings. The monoisotopic (exact) mass is 365 g/mol. The first-order valence-electron chi connectivity index (χ1n) is 8.88. The second-order valence-electron chi connectivity index (χ2n) is 7.18. The van der Waals surface area contributed by atoms with Gasteiger partial charge in [-0.3, -0.25) is 14.4 Å². The number of anilines is 3. The number of carbonyl (C=O) groups is 3. The number of para-hydroxylation sites is 1. The van der Waals surface area contributed by atoms with Gasteiger partial charge in [0.2, 0.25) is 17.7 Å². The van der Waals surface area contributed by atoms with E-state index >= 15 is 0 Å². The minimum Gasteiger partial charge on any atom is -0.326 e. The molecule has 0 saturated heterocycles. The minimum absolute atomic E-state index is 0.193. The Morgan fingerprint density at radius 2 is 1.63 bits per heavy atom. The van der Waals surface area contributed by atoms with Crippen LogP contribution in [0.3, 0.4) is 0 Å². The van der Waals surface area contributed by atoms with Crippen molar-refractivity contribution in [2.75, 3.05) is 22.1 Å². The van der Waals surface area contributed by atoms with Crippen LogP contribution < -0.4 is 15.5 Å². The van der Waals surface area contributed by atoms with Crippen LogP contribution in [0.2, 0.25) is 0 Å². The summed E-state index contributed by atoms with van der Waals surface area (Å²) in [5.41, 5.74) is 1.86. The zero-order chi connectivity index (χ0) is 19.6. The third-order valence-corrected chi connectivity index (χ3v) is 4.68. The lowest BCUT2D eigenvalue weighted by Crippen LogP contribution is -2.47. The SMILES string of the molecule is CC(=O)Nc1cccc(NC(=O)C(C)(C)C(=O)N2CCc3ccccc32)c1. The summed E-state index contributed by atoms with van der Waals surface area (Å²) >= 11 is 0. The van der Waals surface area contributed by atoms with E-state index in [-0.39, 0.29) is 11.8 Å². The predicted molar refractivity (Wildman–Crippen MR) is 106 cm³/mol. The molecule has 27 heavy (non-hydrogen) atoms. The average molecular weight is 365 g/mol. The van der Waals surface area contributed by atoms with Gasteiger partial charge in [0, 0.05) is 30.5 Å². The number of nitrogens with zero attached hydrogens (tertiary/aromatic N) is 1. The van der Waals surface area contributed by atoms with Crippen LogP contribution in [0.1, 0.15) is 26.3 Å². The van der Waals surface area contributed by atoms with Crippen molar-refractivity contribution in [1.82, 2.24) is 0 Å². The quantitative estimate of drug-likeness (QED) is 0.817. The van der Waals surface area contributed by atoms with Crippen LogP contribution in [0.15, 0.2) is 48.5 Å². The van der Waals surface area contributed by atoms with E-state index in [4.69, 9.17) is 0 Å². The van der Waals surface area contributed by atoms with Gasteiger partial charge < -0.3 is 15.5 Å². The molecule has 0 radical (unpaired) electrons. The number of hydrogen-bond donors (Lipinski definition) is 2. The maximum absolute atomic E-state index is 13.1. The standard InChI is InChI=1S/C21H23N3O3/c1-14(25)22-16-8-6-9-17(13-16)23-19(26)21(2,3)20(27)24-12-11-15-7-4-5-10-18(15)24/h4-10,13H,11-12H2,1-3H3,(H,22,25)(H,23,26). The number of benzene rings is 2. The molecule has 0 aromatic heterocycles. The molecular formula is C21H23N3O3. The Bertz CT molecular complexity index is 905. The highest BCUT2D eigenvalue weighted by atomic mass is 16.2. The highest BCUT2D eigenvalue weighted by molar-refractivity contribution is 6.15. The molecule has 2 N–H and O–H groups in total. The van der Waals surface area contributed by atoms with Gasteiger partial charge in [0.05, 0.1) is 0 Å². The molecule has 6 heteroatoms. The summed E-state index contributed by atoms with van der Waals surface area (Å²) in [6.45, 7) is 5.25. The van der Waals surface area contributed by atoms with Crippen LogP contribution in [0, 0.1) is 5.41 Å². The fourth-order valence-corrected chi connectivity index (χ4v) is 3.15. The fraction of sp³-hybridized carbons (Fsp3) is 0.286. The van der Waals surface area contributed by atoms with Gasteiger partial charge in [-0.15, -0.1) is 0 Å². The largest absolute Gasteiger partial charge is 0.326 e. The van der Waals surface area contributed by atoms with Gasteiger partial charge in [0.15, 0.2) is 0 Å². The van der Waals surface area contributed by atoms with Crippen molar-refractivity contribution >= 4 is 34.8 Å². The van der Waals surface area contributed by atoms with Crippen molar-refractivity contribution in [3.63, 3.8) is 0 Å². The number of carbonyl (C=O) groups excluding carboxylic acids is 3. The van der Waals surface area contributed by atoms with Gasteiger partial charge in [-0.25, -0.2) is 0 Å². The van der Waals surface area contributed by atoms with Crippen molar-refractivity contribution in [2.24, 2.45) is 5.41 Å². The van der Waals surface area contributed by atoms with E-state index < -0.39 is 11.3 Å². The van der Waals surface area contributed by atoms with Gasteiger partial charge in [0.25, 0.3) is 0 Å². The zero-order valence-electron chi connectivity index (χ0n) is 15.7. The number of rotatable bonds is 4. The first kappa shape index (κ1) is 18.6. The third kappa shape index (κ3) is 3.84. The Morgan fingerprint density at radius 3 is 2.33 bits per heavy atom. The summed E-state index contributed by atoms with van der Waals surface area (Å²) in [4.78, 5) is 38.8. The van der Waals surface area contributed by atoms with Gasteiger partial charge in [0.1, 0.15) is 5.41 Å². The molecule has 1 aliphatic rings. The van der Waals surface area contributed by atoms with E-state index in [2.05, 4.69) is 10.6 Å². The summed E-state index contributed by atoms with van der Waals surface area (Å²) in [6, 6.07) is 14.6. The molecule has 2 aromatic carbocycles. The normalized spacial score (nSPS) is 13.1. The van der Waals surface area contributed by atoms with Gasteiger partial charge in [-0.1, -0.05) is 24.3 Å². The summed E-state index contributed by atoms with van der Waals surface area (Å²) in [5, 5.41) is 5.46. The molecule has 1 heterocycles. The van der Waals surface area contributed by atoms with E-state index in [0.717, 1.165) is 17.7 Å². The Morgan fingerprint density at radius 1 is 0.963 bits per heavy atom. The Labute approximate surface area is 158 Å². The van der Waals surface area contributed by atoms with Crippen LogP contribution in [0.25, 0.3) is 0 Å². The summed E-state index contributed by atoms with van der Waals surface area (Å²) in [7, 11) is 0. The molecule has 140 valence electrons. The predicted octanol–water partition coefficient (Wildman–Crippen LogP) is 3.20. The van der Waals surface area contributed by atoms with Crippen LogP contribution in [0.4, 0.5) is 17.1 Å². The first-order chi connectivity index (χ1) is 12.8. The van der Waals surface area contributed by atoms with E-state index in [1.165, 1.54) is 6.92 Å². The molecule has 0 atom stereocenters. The lowest BCUT2D eigenvalue weighted by Gasteiger charge is -2.28. The average Bonchev–Trinajstić information content (AvgIpc) is 3.04. The number of fused-ring (bicyclic) bond motifs is 1. The molecule has 0 unspecified atom stereocenters. The van der Waals surface area contributed by atoms with E-state index in [1.807, 2.05) is 24.3 Å². The lowest BCUT2D eigenvalue weighted by atomic mass is 9.90. The maximum atomic E-state index is 13.1. The van der Waals surface area contributed by atoms with Gasteiger partial charge in [-0.2, -0.15) is 0 Å². The number of hydrogen-bond acceptors (Lipinski definition) is 3. The molecular weight excluding hydrogens is 342 g/mol.